The first-order valence-electron chi connectivity index (χ1n) is 6.41. The van der Waals surface area contributed by atoms with Gasteiger partial charge in [0, 0.05) is 6.54 Å². The molecular weight excluding hydrogens is 337 g/mol. The van der Waals surface area contributed by atoms with Gasteiger partial charge in [-0.1, -0.05) is 29.3 Å². The van der Waals surface area contributed by atoms with Crippen LogP contribution in [-0.4, -0.2) is 35.9 Å². The van der Waals surface area contributed by atoms with Crippen LogP contribution in [0.25, 0.3) is 0 Å². The van der Waals surface area contributed by atoms with Gasteiger partial charge in [0.15, 0.2) is 0 Å². The number of aliphatic carboxylic acids is 1. The van der Waals surface area contributed by atoms with Gasteiger partial charge in [0.1, 0.15) is 10.4 Å². The number of carboxylic acids is 1. The summed E-state index contributed by atoms with van der Waals surface area (Å²) in [6, 6.07) is 4.29. The van der Waals surface area contributed by atoms with Crippen LogP contribution in [0.15, 0.2) is 23.1 Å². The fraction of sp³-hybridized carbons (Fsp3) is 0.462. The smallest absolute Gasteiger partial charge is 0.324 e. The van der Waals surface area contributed by atoms with Gasteiger partial charge in [0.25, 0.3) is 0 Å². The van der Waals surface area contributed by atoms with Gasteiger partial charge in [-0.3, -0.25) is 4.79 Å². The quantitative estimate of drug-likeness (QED) is 0.907. The number of hydrogen-bond acceptors (Lipinski definition) is 3. The molecular formula is C13H15Cl2NO4S. The normalized spacial score (nSPS) is 24.0. The van der Waals surface area contributed by atoms with E-state index < -0.39 is 21.5 Å². The van der Waals surface area contributed by atoms with Crippen LogP contribution in [-0.2, 0) is 14.8 Å². The van der Waals surface area contributed by atoms with E-state index in [4.69, 9.17) is 23.2 Å². The highest BCUT2D eigenvalue weighted by Gasteiger charge is 2.48. The van der Waals surface area contributed by atoms with Crippen LogP contribution in [0, 0.1) is 0 Å². The highest BCUT2D eigenvalue weighted by molar-refractivity contribution is 7.89. The van der Waals surface area contributed by atoms with Crippen molar-refractivity contribution in [2.24, 2.45) is 0 Å². The summed E-state index contributed by atoms with van der Waals surface area (Å²) in [5.41, 5.74) is -1.47. The first kappa shape index (κ1) is 16.5. The minimum absolute atomic E-state index is 0.0857. The summed E-state index contributed by atoms with van der Waals surface area (Å²) >= 11 is 11.8. The molecule has 1 atom stereocenters. The summed E-state index contributed by atoms with van der Waals surface area (Å²) < 4.78 is 26.6. The largest absolute Gasteiger partial charge is 0.480 e. The standard InChI is InChI=1S/C13H15Cl2NO4S/c1-13(12(17)18)7-2-3-8-16(13)21(19,20)10-6-4-5-9(14)11(10)15/h4-6H,2-3,7-8H2,1H3,(H,17,18). The van der Waals surface area contributed by atoms with Crippen LogP contribution < -0.4 is 0 Å². The van der Waals surface area contributed by atoms with Gasteiger partial charge >= 0.3 is 5.97 Å². The minimum Gasteiger partial charge on any atom is -0.480 e. The second kappa shape index (κ2) is 5.76. The second-order valence-electron chi connectivity index (χ2n) is 5.17. The SMILES string of the molecule is CC1(C(=O)O)CCCCN1S(=O)(=O)c1cccc(Cl)c1Cl. The molecule has 0 aromatic heterocycles. The maximum atomic E-state index is 12.8. The molecule has 21 heavy (non-hydrogen) atoms. The number of carboxylic acid groups (broad SMARTS) is 1. The lowest BCUT2D eigenvalue weighted by atomic mass is 9.91. The van der Waals surface area contributed by atoms with Crippen molar-refractivity contribution in [1.82, 2.24) is 4.31 Å². The second-order valence-corrected chi connectivity index (χ2v) is 7.78. The molecule has 1 aromatic rings. The van der Waals surface area contributed by atoms with Crippen molar-refractivity contribution < 1.29 is 18.3 Å². The number of benzene rings is 1. The van der Waals surface area contributed by atoms with Crippen molar-refractivity contribution >= 4 is 39.2 Å². The van der Waals surface area contributed by atoms with E-state index in [2.05, 4.69) is 0 Å². The van der Waals surface area contributed by atoms with Crippen LogP contribution in [0.2, 0.25) is 10.0 Å². The monoisotopic (exact) mass is 351 g/mol. The molecule has 2 rings (SSSR count). The molecule has 1 unspecified atom stereocenters. The number of hydrogen-bond donors (Lipinski definition) is 1. The van der Waals surface area contributed by atoms with Crippen molar-refractivity contribution in [2.45, 2.75) is 36.6 Å². The average Bonchev–Trinajstić information content (AvgIpc) is 2.41. The first-order chi connectivity index (χ1) is 9.71. The Balaban J connectivity index is 2.56. The Morgan fingerprint density at radius 3 is 2.62 bits per heavy atom. The fourth-order valence-corrected chi connectivity index (χ4v) is 5.04. The zero-order valence-corrected chi connectivity index (χ0v) is 13.7. The van der Waals surface area contributed by atoms with Gasteiger partial charge in [-0.2, -0.15) is 4.31 Å². The molecule has 5 nitrogen and oxygen atoms in total. The summed E-state index contributed by atoms with van der Waals surface area (Å²) in [6.07, 6.45) is 1.54. The number of nitrogens with zero attached hydrogens (tertiary/aromatic N) is 1. The summed E-state index contributed by atoms with van der Waals surface area (Å²) in [7, 11) is -4.03. The van der Waals surface area contributed by atoms with Gasteiger partial charge in [0.05, 0.1) is 10.0 Å². The zero-order valence-electron chi connectivity index (χ0n) is 11.3. The summed E-state index contributed by atoms with van der Waals surface area (Å²) in [5.74, 6) is -1.16. The van der Waals surface area contributed by atoms with E-state index in [1.54, 1.807) is 0 Å². The molecule has 0 spiro atoms. The predicted octanol–water partition coefficient (Wildman–Crippen LogP) is 3.01. The number of carbonyl (C=O) groups is 1. The molecule has 1 aliphatic rings. The third-order valence-corrected chi connectivity index (χ3v) is 6.76. The Labute approximate surface area is 133 Å². The lowest BCUT2D eigenvalue weighted by molar-refractivity contribution is -0.149. The maximum Gasteiger partial charge on any atom is 0.324 e. The molecule has 1 N–H and O–H groups in total. The Morgan fingerprint density at radius 2 is 2.00 bits per heavy atom. The lowest BCUT2D eigenvalue weighted by Gasteiger charge is -2.40. The van der Waals surface area contributed by atoms with Crippen LogP contribution in [0.3, 0.4) is 0 Å². The number of halogens is 2. The molecule has 0 saturated carbocycles. The molecule has 0 bridgehead atoms. The van der Waals surface area contributed by atoms with E-state index in [0.29, 0.717) is 12.8 Å². The van der Waals surface area contributed by atoms with E-state index in [0.717, 1.165) is 4.31 Å². The number of sulfonamides is 1. The minimum atomic E-state index is -4.03. The van der Waals surface area contributed by atoms with Gasteiger partial charge in [0.2, 0.25) is 10.0 Å². The Kier molecular flexibility index (Phi) is 4.54. The van der Waals surface area contributed by atoms with Crippen molar-refractivity contribution in [2.75, 3.05) is 6.54 Å². The number of rotatable bonds is 3. The number of piperidine rings is 1. The van der Waals surface area contributed by atoms with Crippen molar-refractivity contribution in [1.29, 1.82) is 0 Å². The van der Waals surface area contributed by atoms with Gasteiger partial charge < -0.3 is 5.11 Å². The predicted molar refractivity (Wildman–Crippen MR) is 80.2 cm³/mol. The van der Waals surface area contributed by atoms with E-state index in [9.17, 15) is 18.3 Å². The van der Waals surface area contributed by atoms with Crippen molar-refractivity contribution in [3.63, 3.8) is 0 Å². The average molecular weight is 352 g/mol. The van der Waals surface area contributed by atoms with E-state index >= 15 is 0 Å². The molecule has 1 saturated heterocycles. The van der Waals surface area contributed by atoms with Gasteiger partial charge in [-0.25, -0.2) is 8.42 Å². The molecule has 1 heterocycles. The molecule has 1 fully saturated rings. The molecule has 8 heteroatoms. The lowest BCUT2D eigenvalue weighted by Crippen LogP contribution is -2.57. The highest BCUT2D eigenvalue weighted by atomic mass is 35.5. The van der Waals surface area contributed by atoms with Gasteiger partial charge in [-0.05, 0) is 38.3 Å². The fourth-order valence-electron chi connectivity index (χ4n) is 2.50. The van der Waals surface area contributed by atoms with Crippen molar-refractivity contribution in [3.8, 4) is 0 Å². The first-order valence-corrected chi connectivity index (χ1v) is 8.61. The van der Waals surface area contributed by atoms with Crippen LogP contribution in [0.1, 0.15) is 26.2 Å². The molecule has 0 radical (unpaired) electrons. The topological polar surface area (TPSA) is 74.7 Å². The third-order valence-electron chi connectivity index (χ3n) is 3.77. The zero-order chi connectivity index (χ0) is 15.8. The van der Waals surface area contributed by atoms with E-state index in [1.165, 1.54) is 25.1 Å². The third kappa shape index (κ3) is 2.77. The summed E-state index contributed by atoms with van der Waals surface area (Å²) in [6.45, 7) is 1.57. The van der Waals surface area contributed by atoms with Crippen LogP contribution in [0.5, 0.6) is 0 Å². The molecule has 116 valence electrons. The molecule has 1 aromatic carbocycles. The Morgan fingerprint density at radius 1 is 1.33 bits per heavy atom. The highest BCUT2D eigenvalue weighted by Crippen LogP contribution is 2.37. The maximum absolute atomic E-state index is 12.8. The molecule has 0 aliphatic carbocycles. The van der Waals surface area contributed by atoms with E-state index in [1.807, 2.05) is 0 Å². The van der Waals surface area contributed by atoms with E-state index in [-0.39, 0.29) is 27.9 Å². The Bertz CT molecular complexity index is 677. The summed E-state index contributed by atoms with van der Waals surface area (Å²) in [4.78, 5) is 11.4. The van der Waals surface area contributed by atoms with Crippen LogP contribution in [0.4, 0.5) is 0 Å². The van der Waals surface area contributed by atoms with Crippen molar-refractivity contribution in [3.05, 3.63) is 28.2 Å². The molecule has 0 amide bonds. The molecule has 1 aliphatic heterocycles. The van der Waals surface area contributed by atoms with Gasteiger partial charge in [-0.15, -0.1) is 0 Å². The Hall–Kier alpha value is -0.820. The van der Waals surface area contributed by atoms with Crippen LogP contribution >= 0.6 is 23.2 Å². The summed E-state index contributed by atoms with van der Waals surface area (Å²) in [5, 5.41) is 9.47.